The number of carbonyl (C=O) groups is 2. The number of benzene rings is 2. The van der Waals surface area contributed by atoms with Crippen molar-refractivity contribution < 1.29 is 19.4 Å². The molecule has 0 aliphatic rings. The van der Waals surface area contributed by atoms with Crippen LogP contribution >= 0.6 is 0 Å². The minimum Gasteiger partial charge on any atom is -0.494 e. The van der Waals surface area contributed by atoms with Crippen molar-refractivity contribution in [2.45, 2.75) is 13.3 Å². The van der Waals surface area contributed by atoms with Gasteiger partial charge in [0.15, 0.2) is 0 Å². The summed E-state index contributed by atoms with van der Waals surface area (Å²) in [5.41, 5.74) is 0.615. The highest BCUT2D eigenvalue weighted by Gasteiger charge is 2.14. The predicted molar refractivity (Wildman–Crippen MR) is 97.8 cm³/mol. The monoisotopic (exact) mass is 350 g/mol. The van der Waals surface area contributed by atoms with Crippen LogP contribution < -0.4 is 10.1 Å². The number of carboxylic acid groups (broad SMARTS) is 1. The van der Waals surface area contributed by atoms with Crippen molar-refractivity contribution in [3.05, 3.63) is 65.2 Å². The third kappa shape index (κ3) is 4.95. The lowest BCUT2D eigenvalue weighted by molar-refractivity contribution is -0.112. The Morgan fingerprint density at radius 3 is 2.50 bits per heavy atom. The second-order valence-electron chi connectivity index (χ2n) is 5.39. The van der Waals surface area contributed by atoms with Gasteiger partial charge in [-0.05, 0) is 42.3 Å². The number of amides is 1. The second-order valence-corrected chi connectivity index (χ2v) is 5.39. The molecule has 0 aromatic heterocycles. The van der Waals surface area contributed by atoms with Gasteiger partial charge in [0.05, 0.1) is 17.9 Å². The molecule has 0 heterocycles. The zero-order chi connectivity index (χ0) is 18.9. The molecular formula is C20H18N2O4. The van der Waals surface area contributed by atoms with Gasteiger partial charge in [0.2, 0.25) is 0 Å². The molecule has 0 unspecified atom stereocenters. The maximum absolute atomic E-state index is 12.3. The van der Waals surface area contributed by atoms with Crippen LogP contribution in [0, 0.1) is 11.3 Å². The summed E-state index contributed by atoms with van der Waals surface area (Å²) in [6.07, 6.45) is 2.33. The van der Waals surface area contributed by atoms with Gasteiger partial charge in [0.25, 0.3) is 5.91 Å². The molecule has 1 amide bonds. The number of aromatic carboxylic acids is 1. The van der Waals surface area contributed by atoms with Crippen molar-refractivity contribution in [3.63, 3.8) is 0 Å². The Morgan fingerprint density at radius 2 is 1.88 bits per heavy atom. The summed E-state index contributed by atoms with van der Waals surface area (Å²) in [5.74, 6) is -1.12. The largest absolute Gasteiger partial charge is 0.494 e. The van der Waals surface area contributed by atoms with Crippen LogP contribution in [0.2, 0.25) is 0 Å². The number of ether oxygens (including phenoxy) is 1. The van der Waals surface area contributed by atoms with Crippen LogP contribution in [0.1, 0.15) is 29.3 Å². The maximum atomic E-state index is 12.3. The number of carboxylic acids is 1. The fraction of sp³-hybridized carbons (Fsp3) is 0.150. The summed E-state index contributed by atoms with van der Waals surface area (Å²) < 4.78 is 5.48. The van der Waals surface area contributed by atoms with E-state index in [1.807, 2.05) is 13.0 Å². The number of hydrogen-bond donors (Lipinski definition) is 2. The molecule has 132 valence electrons. The van der Waals surface area contributed by atoms with Crippen molar-refractivity contribution >= 4 is 23.6 Å². The van der Waals surface area contributed by atoms with Gasteiger partial charge >= 0.3 is 5.97 Å². The SMILES string of the molecule is CCCOc1ccc(/C=C(\C#N)C(=O)Nc2ccccc2C(=O)O)cc1. The lowest BCUT2D eigenvalue weighted by Crippen LogP contribution is -2.16. The smallest absolute Gasteiger partial charge is 0.337 e. The molecule has 0 bridgehead atoms. The van der Waals surface area contributed by atoms with Crippen molar-refractivity contribution in [2.75, 3.05) is 11.9 Å². The van der Waals surface area contributed by atoms with Gasteiger partial charge in [0.1, 0.15) is 17.4 Å². The minimum atomic E-state index is -1.16. The van der Waals surface area contributed by atoms with Crippen LogP contribution in [0.5, 0.6) is 5.75 Å². The Morgan fingerprint density at radius 1 is 1.19 bits per heavy atom. The van der Waals surface area contributed by atoms with Crippen LogP contribution in [0.15, 0.2) is 54.1 Å². The van der Waals surface area contributed by atoms with E-state index in [1.165, 1.54) is 18.2 Å². The van der Waals surface area contributed by atoms with Gasteiger partial charge in [-0.3, -0.25) is 4.79 Å². The Kier molecular flexibility index (Phi) is 6.52. The number of carbonyl (C=O) groups excluding carboxylic acids is 1. The van der Waals surface area contributed by atoms with Crippen molar-refractivity contribution in [3.8, 4) is 11.8 Å². The second kappa shape index (κ2) is 9.04. The van der Waals surface area contributed by atoms with E-state index in [1.54, 1.807) is 36.4 Å². The Balaban J connectivity index is 2.17. The summed E-state index contributed by atoms with van der Waals surface area (Å²) in [7, 11) is 0. The van der Waals surface area contributed by atoms with Crippen LogP contribution in [-0.2, 0) is 4.79 Å². The molecule has 0 aliphatic carbocycles. The summed E-state index contributed by atoms with van der Waals surface area (Å²) >= 11 is 0. The lowest BCUT2D eigenvalue weighted by Gasteiger charge is -2.08. The van der Waals surface area contributed by atoms with Crippen LogP contribution in [0.4, 0.5) is 5.69 Å². The summed E-state index contributed by atoms with van der Waals surface area (Å²) in [4.78, 5) is 23.5. The fourth-order valence-electron chi connectivity index (χ4n) is 2.16. The molecule has 0 saturated heterocycles. The van der Waals surface area contributed by atoms with E-state index in [2.05, 4.69) is 5.32 Å². The number of nitriles is 1. The third-order valence-electron chi connectivity index (χ3n) is 3.43. The highest BCUT2D eigenvalue weighted by molar-refractivity contribution is 6.11. The molecule has 2 N–H and O–H groups in total. The molecule has 0 saturated carbocycles. The number of nitrogens with zero attached hydrogens (tertiary/aromatic N) is 1. The Hall–Kier alpha value is -3.59. The van der Waals surface area contributed by atoms with E-state index in [0.717, 1.165) is 6.42 Å². The lowest BCUT2D eigenvalue weighted by atomic mass is 10.1. The molecule has 0 atom stereocenters. The first-order valence-electron chi connectivity index (χ1n) is 8.03. The van der Waals surface area contributed by atoms with Gasteiger partial charge in [-0.2, -0.15) is 5.26 Å². The Bertz CT molecular complexity index is 864. The molecule has 0 aliphatic heterocycles. The van der Waals surface area contributed by atoms with Crippen LogP contribution in [0.3, 0.4) is 0 Å². The molecule has 2 aromatic carbocycles. The summed E-state index contributed by atoms with van der Waals surface area (Å²) in [5, 5.41) is 20.9. The van der Waals surface area contributed by atoms with Crippen molar-refractivity contribution in [2.24, 2.45) is 0 Å². The molecule has 6 heteroatoms. The van der Waals surface area contributed by atoms with Crippen LogP contribution in [-0.4, -0.2) is 23.6 Å². The molecule has 2 rings (SSSR count). The normalized spacial score (nSPS) is 10.7. The van der Waals surface area contributed by atoms with E-state index in [4.69, 9.17) is 9.84 Å². The van der Waals surface area contributed by atoms with Crippen molar-refractivity contribution in [1.29, 1.82) is 5.26 Å². The maximum Gasteiger partial charge on any atom is 0.337 e. The molecular weight excluding hydrogens is 332 g/mol. The van der Waals surface area contributed by atoms with Gasteiger partial charge in [-0.25, -0.2) is 4.79 Å². The number of rotatable bonds is 7. The highest BCUT2D eigenvalue weighted by atomic mass is 16.5. The number of hydrogen-bond acceptors (Lipinski definition) is 4. The molecule has 0 radical (unpaired) electrons. The standard InChI is InChI=1S/C20H18N2O4/c1-2-11-26-16-9-7-14(8-10-16)12-15(13-21)19(23)22-18-6-4-3-5-17(18)20(24)25/h3-10,12H,2,11H2,1H3,(H,22,23)(H,24,25)/b15-12+. The molecule has 2 aromatic rings. The topological polar surface area (TPSA) is 99.4 Å². The quantitative estimate of drug-likeness (QED) is 0.585. The van der Waals surface area contributed by atoms with E-state index in [9.17, 15) is 14.9 Å². The van der Waals surface area contributed by atoms with Gasteiger partial charge in [0, 0.05) is 0 Å². The number of nitrogens with one attached hydrogen (secondary N) is 1. The average molecular weight is 350 g/mol. The molecule has 0 spiro atoms. The molecule has 26 heavy (non-hydrogen) atoms. The van der Waals surface area contributed by atoms with E-state index in [-0.39, 0.29) is 16.8 Å². The van der Waals surface area contributed by atoms with Gasteiger partial charge in [-0.1, -0.05) is 31.2 Å². The van der Waals surface area contributed by atoms with E-state index < -0.39 is 11.9 Å². The zero-order valence-electron chi connectivity index (χ0n) is 14.2. The third-order valence-corrected chi connectivity index (χ3v) is 3.43. The number of para-hydroxylation sites is 1. The van der Waals surface area contributed by atoms with E-state index in [0.29, 0.717) is 17.9 Å². The van der Waals surface area contributed by atoms with Crippen LogP contribution in [0.25, 0.3) is 6.08 Å². The zero-order valence-corrected chi connectivity index (χ0v) is 14.2. The fourth-order valence-corrected chi connectivity index (χ4v) is 2.16. The summed E-state index contributed by atoms with van der Waals surface area (Å²) in [6.45, 7) is 2.63. The van der Waals surface area contributed by atoms with Gasteiger partial charge < -0.3 is 15.2 Å². The average Bonchev–Trinajstić information content (AvgIpc) is 2.65. The minimum absolute atomic E-state index is 0.0458. The number of anilines is 1. The summed E-state index contributed by atoms with van der Waals surface area (Å²) in [6, 6.07) is 14.8. The molecule has 6 nitrogen and oxygen atoms in total. The Labute approximate surface area is 151 Å². The molecule has 0 fully saturated rings. The van der Waals surface area contributed by atoms with Gasteiger partial charge in [-0.15, -0.1) is 0 Å². The predicted octanol–water partition coefficient (Wildman–Crippen LogP) is 3.72. The first kappa shape index (κ1) is 18.7. The first-order chi connectivity index (χ1) is 12.5. The van der Waals surface area contributed by atoms with Crippen molar-refractivity contribution in [1.82, 2.24) is 0 Å². The van der Waals surface area contributed by atoms with E-state index >= 15 is 0 Å². The highest BCUT2D eigenvalue weighted by Crippen LogP contribution is 2.18. The first-order valence-corrected chi connectivity index (χ1v) is 8.03.